The quantitative estimate of drug-likeness (QED) is 0.446. The third-order valence-electron chi connectivity index (χ3n) is 6.23. The molecule has 0 spiro atoms. The van der Waals surface area contributed by atoms with E-state index >= 15 is 0 Å². The highest BCUT2D eigenvalue weighted by molar-refractivity contribution is 5.66. The lowest BCUT2D eigenvalue weighted by atomic mass is 9.93. The third kappa shape index (κ3) is 6.01. The minimum Gasteiger partial charge on any atom is -0.434 e. The van der Waals surface area contributed by atoms with Crippen molar-refractivity contribution < 1.29 is 47.5 Å². The number of fused-ring (bicyclic) bond motifs is 2. The van der Waals surface area contributed by atoms with Crippen molar-refractivity contribution in [3.63, 3.8) is 0 Å². The summed E-state index contributed by atoms with van der Waals surface area (Å²) >= 11 is 0. The molecule has 2 N–H and O–H groups in total. The van der Waals surface area contributed by atoms with Crippen molar-refractivity contribution in [2.45, 2.75) is 76.5 Å². The smallest absolute Gasteiger partial charge is 0.434 e. The van der Waals surface area contributed by atoms with Gasteiger partial charge in [-0.1, -0.05) is 0 Å². The van der Waals surface area contributed by atoms with E-state index in [2.05, 4.69) is 10.1 Å². The van der Waals surface area contributed by atoms with E-state index in [1.807, 2.05) is 0 Å². The lowest BCUT2D eigenvalue weighted by Gasteiger charge is -2.30. The first-order valence-corrected chi connectivity index (χ1v) is 12.5. The highest BCUT2D eigenvalue weighted by atomic mass is 16.8. The molecule has 0 bridgehead atoms. The molecule has 14 nitrogen and oxygen atoms in total. The van der Waals surface area contributed by atoms with Gasteiger partial charge in [0.1, 0.15) is 30.2 Å². The second kappa shape index (κ2) is 11.7. The second-order valence-corrected chi connectivity index (χ2v) is 9.38. The Hall–Kier alpha value is -3.81. The molecule has 4 heterocycles. The summed E-state index contributed by atoms with van der Waals surface area (Å²) in [6.07, 6.45) is -2.84. The van der Waals surface area contributed by atoms with Crippen LogP contribution >= 0.6 is 0 Å². The maximum Gasteiger partial charge on any atom is 0.508 e. The van der Waals surface area contributed by atoms with E-state index in [0.29, 0.717) is 24.1 Å². The maximum absolute atomic E-state index is 12.7. The zero-order valence-corrected chi connectivity index (χ0v) is 21.5. The topological polar surface area (TPSA) is 172 Å². The van der Waals surface area contributed by atoms with Gasteiger partial charge in [0, 0.05) is 0 Å². The Morgan fingerprint density at radius 2 is 1.82 bits per heavy atom. The number of hydrogen-bond donors (Lipinski definition) is 1. The van der Waals surface area contributed by atoms with E-state index in [9.17, 15) is 14.4 Å². The van der Waals surface area contributed by atoms with Crippen molar-refractivity contribution in [3.8, 4) is 0 Å². The number of rotatable bonds is 4. The molecule has 38 heavy (non-hydrogen) atoms. The number of carbonyl (C=O) groups is 3. The molecule has 208 valence electrons. The molecule has 2 aromatic heterocycles. The number of nitrogen functional groups attached to an aromatic ring is 1. The summed E-state index contributed by atoms with van der Waals surface area (Å²) < 4.78 is 39.9. The van der Waals surface area contributed by atoms with Gasteiger partial charge in [0.25, 0.3) is 0 Å². The van der Waals surface area contributed by atoms with Gasteiger partial charge in [-0.3, -0.25) is 0 Å². The van der Waals surface area contributed by atoms with Gasteiger partial charge in [-0.2, -0.15) is 5.10 Å². The third-order valence-corrected chi connectivity index (χ3v) is 6.23. The van der Waals surface area contributed by atoms with Gasteiger partial charge in [0.05, 0.1) is 25.0 Å². The first-order chi connectivity index (χ1) is 18.2. The van der Waals surface area contributed by atoms with Crippen LogP contribution < -0.4 is 5.73 Å². The predicted molar refractivity (Wildman–Crippen MR) is 128 cm³/mol. The van der Waals surface area contributed by atoms with Crippen LogP contribution in [0.15, 0.2) is 18.5 Å². The van der Waals surface area contributed by atoms with Crippen molar-refractivity contribution in [2.75, 3.05) is 25.6 Å². The number of ether oxygens (including phenoxy) is 7. The van der Waals surface area contributed by atoms with E-state index in [1.165, 1.54) is 10.8 Å². The fraction of sp³-hybridized carbons (Fsp3) is 0.625. The van der Waals surface area contributed by atoms with Gasteiger partial charge in [-0.25, -0.2) is 23.9 Å². The number of anilines is 1. The standard InChI is InChI=1S/C24H32N4O10/c1-14(2)35-23(31)34-12-16-18-19(37-22(30)33-11-7-5-4-6-10-32-21(29)36-18)24(3,38-16)17-9-8-15-20(25)26-13-27-28(15)17/h8-9,13-14,16,18-19H,4-7,10-12H2,1-3H3,(H2,25,26,27)/t16-,18-,19-,24+/m1/s1. The van der Waals surface area contributed by atoms with Crippen LogP contribution in [0.5, 0.6) is 0 Å². The van der Waals surface area contributed by atoms with Crippen molar-refractivity contribution in [1.29, 1.82) is 0 Å². The Bertz CT molecular complexity index is 1150. The van der Waals surface area contributed by atoms with Gasteiger partial charge < -0.3 is 38.9 Å². The highest BCUT2D eigenvalue weighted by Crippen LogP contribution is 2.44. The Kier molecular flexibility index (Phi) is 8.39. The molecule has 4 rings (SSSR count). The molecule has 2 fully saturated rings. The van der Waals surface area contributed by atoms with Crippen LogP contribution in [0.25, 0.3) is 5.52 Å². The average Bonchev–Trinajstić information content (AvgIpc) is 3.40. The molecule has 2 aliphatic rings. The summed E-state index contributed by atoms with van der Waals surface area (Å²) in [7, 11) is 0. The van der Waals surface area contributed by atoms with E-state index < -0.39 is 48.5 Å². The summed E-state index contributed by atoms with van der Waals surface area (Å²) in [6, 6.07) is 3.35. The van der Waals surface area contributed by atoms with Gasteiger partial charge in [-0.05, 0) is 58.6 Å². The molecule has 2 saturated heterocycles. The minimum absolute atomic E-state index is 0.149. The zero-order valence-electron chi connectivity index (χ0n) is 21.5. The largest absolute Gasteiger partial charge is 0.508 e. The highest BCUT2D eigenvalue weighted by Gasteiger charge is 2.59. The number of cyclic esters (lactones) is 2. The lowest BCUT2D eigenvalue weighted by molar-refractivity contribution is -0.102. The summed E-state index contributed by atoms with van der Waals surface area (Å²) in [5.41, 5.74) is 5.42. The van der Waals surface area contributed by atoms with Crippen molar-refractivity contribution in [1.82, 2.24) is 14.6 Å². The molecule has 14 heteroatoms. The first-order valence-electron chi connectivity index (χ1n) is 12.5. The van der Waals surface area contributed by atoms with Crippen LogP contribution in [0, 0.1) is 0 Å². The first kappa shape index (κ1) is 27.2. The Labute approximate surface area is 218 Å². The predicted octanol–water partition coefficient (Wildman–Crippen LogP) is 3.10. The van der Waals surface area contributed by atoms with Crippen LogP contribution in [0.1, 0.15) is 52.1 Å². The van der Waals surface area contributed by atoms with Crippen LogP contribution in [-0.2, 0) is 38.8 Å². The van der Waals surface area contributed by atoms with Crippen LogP contribution in [-0.4, -0.2) is 77.3 Å². The Morgan fingerprint density at radius 3 is 2.50 bits per heavy atom. The average molecular weight is 537 g/mol. The molecule has 0 saturated carbocycles. The molecule has 2 aliphatic heterocycles. The van der Waals surface area contributed by atoms with Gasteiger partial charge in [-0.15, -0.1) is 0 Å². The van der Waals surface area contributed by atoms with Crippen molar-refractivity contribution >= 4 is 29.8 Å². The fourth-order valence-corrected chi connectivity index (χ4v) is 4.47. The van der Waals surface area contributed by atoms with E-state index in [0.717, 1.165) is 12.8 Å². The van der Waals surface area contributed by atoms with Crippen LogP contribution in [0.2, 0.25) is 0 Å². The molecule has 0 radical (unpaired) electrons. The molecule has 0 aromatic carbocycles. The summed E-state index contributed by atoms with van der Waals surface area (Å²) in [5.74, 6) is 0.215. The lowest BCUT2D eigenvalue weighted by Crippen LogP contribution is -2.45. The zero-order chi connectivity index (χ0) is 27.3. The molecule has 4 atom stereocenters. The number of hydrogen-bond acceptors (Lipinski definition) is 13. The molecular weight excluding hydrogens is 504 g/mol. The van der Waals surface area contributed by atoms with Crippen LogP contribution in [0.4, 0.5) is 20.2 Å². The van der Waals surface area contributed by atoms with Crippen LogP contribution in [0.3, 0.4) is 0 Å². The monoisotopic (exact) mass is 536 g/mol. The molecule has 0 amide bonds. The number of nitrogens with two attached hydrogens (primary N) is 1. The molecular formula is C24H32N4O10. The van der Waals surface area contributed by atoms with Crippen molar-refractivity contribution in [2.24, 2.45) is 0 Å². The number of nitrogens with zero attached hydrogens (tertiary/aromatic N) is 3. The van der Waals surface area contributed by atoms with E-state index in [4.69, 9.17) is 38.9 Å². The van der Waals surface area contributed by atoms with Crippen molar-refractivity contribution in [3.05, 3.63) is 24.2 Å². The SMILES string of the molecule is CC(C)OC(=O)OC[C@H]1O[C@@](C)(c2ccc3c(N)ncnn23)[C@@H]2OC(=O)OCCCCCCOC(=O)O[C@@H]21. The number of carbonyl (C=O) groups excluding carboxylic acids is 3. The number of aromatic nitrogens is 3. The minimum atomic E-state index is -1.47. The maximum atomic E-state index is 12.7. The fourth-order valence-electron chi connectivity index (χ4n) is 4.47. The summed E-state index contributed by atoms with van der Waals surface area (Å²) in [6.45, 7) is 4.89. The normalized spacial score (nSPS) is 26.9. The molecule has 2 aromatic rings. The Balaban J connectivity index is 1.71. The van der Waals surface area contributed by atoms with Gasteiger partial charge in [0.2, 0.25) is 0 Å². The summed E-state index contributed by atoms with van der Waals surface area (Å²) in [4.78, 5) is 41.4. The van der Waals surface area contributed by atoms with Gasteiger partial charge >= 0.3 is 18.5 Å². The van der Waals surface area contributed by atoms with E-state index in [-0.39, 0.29) is 25.6 Å². The van der Waals surface area contributed by atoms with E-state index in [1.54, 1.807) is 32.9 Å². The van der Waals surface area contributed by atoms with Gasteiger partial charge in [0.15, 0.2) is 18.0 Å². The Morgan fingerprint density at radius 1 is 1.13 bits per heavy atom. The molecule has 0 unspecified atom stereocenters. The summed E-state index contributed by atoms with van der Waals surface area (Å²) in [5, 5.41) is 4.26. The second-order valence-electron chi connectivity index (χ2n) is 9.38. The molecule has 0 aliphatic carbocycles.